The minimum atomic E-state index is -3.94. The number of primary amides is 1. The van der Waals surface area contributed by atoms with Crippen LogP contribution >= 0.6 is 27.5 Å². The van der Waals surface area contributed by atoms with Crippen molar-refractivity contribution in [3.63, 3.8) is 0 Å². The van der Waals surface area contributed by atoms with Crippen LogP contribution in [0.25, 0.3) is 0 Å². The molecule has 0 heterocycles. The summed E-state index contributed by atoms with van der Waals surface area (Å²) < 4.78 is 27.5. The molecule has 0 aromatic heterocycles. The van der Waals surface area contributed by atoms with Crippen molar-refractivity contribution >= 4 is 80.0 Å². The van der Waals surface area contributed by atoms with Crippen LogP contribution in [0.4, 0.5) is 10.5 Å². The van der Waals surface area contributed by atoms with Crippen LogP contribution in [0.2, 0.25) is 5.02 Å². The molecule has 0 saturated heterocycles. The number of sulfonamides is 1. The number of rotatable bonds is 3. The van der Waals surface area contributed by atoms with Gasteiger partial charge in [0.15, 0.2) is 5.75 Å². The number of halogens is 2. The number of hydrogen-bond acceptors (Lipinski definition) is 4. The molecule has 2 aromatic carbocycles. The SMILES string of the molecule is CN(C)S(=O)(=O)c1c(Cl)ccc(NC(N)=O)c1O.[Na][c]1ccccc1Br. The monoisotopic (exact) mass is 471 g/mol. The summed E-state index contributed by atoms with van der Waals surface area (Å²) in [4.78, 5) is 10.2. The molecule has 2 rings (SSSR count). The summed E-state index contributed by atoms with van der Waals surface area (Å²) in [5.41, 5.74) is 4.76. The minimum absolute atomic E-state index is 0.132. The molecule has 0 radical (unpaired) electrons. The van der Waals surface area contributed by atoms with Gasteiger partial charge < -0.3 is 16.2 Å². The number of nitrogens with one attached hydrogen (secondary N) is 1. The predicted octanol–water partition coefficient (Wildman–Crippen LogP) is 2.03. The molecule has 11 heteroatoms. The molecule has 26 heavy (non-hydrogen) atoms. The number of urea groups is 1. The van der Waals surface area contributed by atoms with Gasteiger partial charge in [-0.1, -0.05) is 11.6 Å². The molecule has 0 spiro atoms. The fourth-order valence-electron chi connectivity index (χ4n) is 1.76. The Balaban J connectivity index is 0.000000350. The fourth-order valence-corrected chi connectivity index (χ4v) is 3.88. The first-order chi connectivity index (χ1) is 12.0. The van der Waals surface area contributed by atoms with Gasteiger partial charge in [0.2, 0.25) is 10.0 Å². The van der Waals surface area contributed by atoms with Crippen molar-refractivity contribution < 1.29 is 18.3 Å². The van der Waals surface area contributed by atoms with Gasteiger partial charge in [-0.2, -0.15) is 0 Å². The molecule has 0 aliphatic carbocycles. The van der Waals surface area contributed by atoms with Gasteiger partial charge in [0.25, 0.3) is 0 Å². The Kier molecular flexibility index (Phi) is 8.87. The summed E-state index contributed by atoms with van der Waals surface area (Å²) in [5.74, 6) is -0.657. The summed E-state index contributed by atoms with van der Waals surface area (Å²) in [6.45, 7) is 0. The molecule has 0 fully saturated rings. The summed E-state index contributed by atoms with van der Waals surface area (Å²) in [6, 6.07) is 9.86. The zero-order chi connectivity index (χ0) is 20.1. The van der Waals surface area contributed by atoms with Gasteiger partial charge in [-0.3, -0.25) is 0 Å². The topological polar surface area (TPSA) is 113 Å². The second-order valence-corrected chi connectivity index (χ2v) is 9.73. The Morgan fingerprint density at radius 3 is 2.27 bits per heavy atom. The fraction of sp³-hybridized carbons (Fsp3) is 0.133. The van der Waals surface area contributed by atoms with E-state index in [0.29, 0.717) is 0 Å². The Morgan fingerprint density at radius 1 is 1.27 bits per heavy atom. The number of carbonyl (C=O) groups excluding carboxylic acids is 1. The number of phenols is 1. The number of amides is 2. The van der Waals surface area contributed by atoms with Gasteiger partial charge in [0.05, 0.1) is 10.7 Å². The predicted molar refractivity (Wildman–Crippen MR) is 107 cm³/mol. The molecule has 0 unspecified atom stereocenters. The Hall–Kier alpha value is -0.810. The van der Waals surface area contributed by atoms with Gasteiger partial charge >= 0.3 is 81.4 Å². The Labute approximate surface area is 183 Å². The van der Waals surface area contributed by atoms with Gasteiger partial charge in [-0.05, 0) is 12.1 Å². The van der Waals surface area contributed by atoms with Crippen molar-refractivity contribution in [1.82, 2.24) is 4.31 Å². The maximum atomic E-state index is 11.9. The number of aromatic hydroxyl groups is 1. The van der Waals surface area contributed by atoms with Crippen LogP contribution in [0.5, 0.6) is 5.75 Å². The van der Waals surface area contributed by atoms with E-state index in [1.54, 1.807) is 0 Å². The van der Waals surface area contributed by atoms with Gasteiger partial charge in [-0.15, -0.1) is 0 Å². The first-order valence-electron chi connectivity index (χ1n) is 7.20. The van der Waals surface area contributed by atoms with E-state index >= 15 is 0 Å². The number of phenolic OH excluding ortho intramolecular Hbond substituents is 1. The van der Waals surface area contributed by atoms with E-state index in [9.17, 15) is 18.3 Å². The van der Waals surface area contributed by atoms with Crippen molar-refractivity contribution in [3.8, 4) is 5.75 Å². The van der Waals surface area contributed by atoms with Gasteiger partial charge in [0, 0.05) is 14.1 Å². The van der Waals surface area contributed by atoms with Gasteiger partial charge in [0.1, 0.15) is 4.90 Å². The van der Waals surface area contributed by atoms with Crippen LogP contribution in [0.15, 0.2) is 45.8 Å². The third-order valence-corrected chi connectivity index (χ3v) is 7.97. The zero-order valence-electron chi connectivity index (χ0n) is 14.3. The van der Waals surface area contributed by atoms with Crippen molar-refractivity contribution in [2.75, 3.05) is 19.4 Å². The standard InChI is InChI=1S/C9H12ClN3O4S.C6H4Br.Na/c1-13(2)18(16,17)8-5(10)3-4-6(7(8)14)12-9(11)15;7-6-4-2-1-3-5-6;/h3-4,14H,1-2H3,(H3,11,12,15);1-4H;. The number of carbonyl (C=O) groups is 1. The number of nitrogens with zero attached hydrogens (tertiary/aromatic N) is 1. The molecule has 136 valence electrons. The van der Waals surface area contributed by atoms with Crippen molar-refractivity contribution in [1.29, 1.82) is 0 Å². The van der Waals surface area contributed by atoms with Gasteiger partial charge in [-0.25, -0.2) is 17.5 Å². The molecular weight excluding hydrogens is 457 g/mol. The molecule has 2 aromatic rings. The van der Waals surface area contributed by atoms with Crippen molar-refractivity contribution in [2.45, 2.75) is 4.90 Å². The molecule has 0 aliphatic heterocycles. The van der Waals surface area contributed by atoms with E-state index in [-0.39, 0.29) is 10.7 Å². The third kappa shape index (κ3) is 6.12. The average molecular weight is 473 g/mol. The first kappa shape index (κ1) is 23.2. The van der Waals surface area contributed by atoms with E-state index in [2.05, 4.69) is 39.4 Å². The van der Waals surface area contributed by atoms with E-state index in [0.717, 1.165) is 32.2 Å². The van der Waals surface area contributed by atoms with E-state index < -0.39 is 26.7 Å². The Bertz CT molecular complexity index is 889. The third-order valence-electron chi connectivity index (χ3n) is 3.16. The summed E-state index contributed by atoms with van der Waals surface area (Å²) in [6.07, 6.45) is 0. The van der Waals surface area contributed by atoms with E-state index in [1.165, 1.54) is 33.5 Å². The normalized spacial score (nSPS) is 10.9. The van der Waals surface area contributed by atoms with Crippen LogP contribution in [0.1, 0.15) is 0 Å². The Morgan fingerprint density at radius 2 is 1.85 bits per heavy atom. The molecular formula is C15H16BrClN3NaO4S. The molecule has 4 N–H and O–H groups in total. The molecule has 0 saturated carbocycles. The second kappa shape index (κ2) is 9.93. The molecule has 2 amide bonds. The van der Waals surface area contributed by atoms with Crippen LogP contribution < -0.4 is 13.9 Å². The van der Waals surface area contributed by atoms with Crippen LogP contribution in [-0.4, -0.2) is 65.9 Å². The number of nitrogens with two attached hydrogens (primary N) is 1. The molecule has 0 aliphatic rings. The van der Waals surface area contributed by atoms with Crippen molar-refractivity contribution in [3.05, 3.63) is 45.9 Å². The zero-order valence-corrected chi connectivity index (χ0v) is 19.5. The van der Waals surface area contributed by atoms with Crippen molar-refractivity contribution in [2.24, 2.45) is 5.73 Å². The molecule has 7 nitrogen and oxygen atoms in total. The summed E-state index contributed by atoms with van der Waals surface area (Å²) in [7, 11) is -1.36. The quantitative estimate of drug-likeness (QED) is 0.468. The summed E-state index contributed by atoms with van der Waals surface area (Å²) in [5, 5.41) is 11.8. The first-order valence-corrected chi connectivity index (χ1v) is 10.8. The summed E-state index contributed by atoms with van der Waals surface area (Å²) >= 11 is 10.3. The van der Waals surface area contributed by atoms with Crippen LogP contribution in [0.3, 0.4) is 0 Å². The molecule has 0 bridgehead atoms. The van der Waals surface area contributed by atoms with E-state index in [4.69, 9.17) is 17.3 Å². The van der Waals surface area contributed by atoms with Crippen LogP contribution in [-0.2, 0) is 10.0 Å². The van der Waals surface area contributed by atoms with E-state index in [1.807, 2.05) is 6.07 Å². The number of benzene rings is 2. The average Bonchev–Trinajstić information content (AvgIpc) is 2.53. The van der Waals surface area contributed by atoms with Crippen LogP contribution in [0, 0.1) is 0 Å². The maximum absolute atomic E-state index is 11.9. The molecule has 0 atom stereocenters. The number of hydrogen-bond donors (Lipinski definition) is 3. The number of anilines is 1. The second-order valence-electron chi connectivity index (χ2n) is 5.30.